The highest BCUT2D eigenvalue weighted by Crippen LogP contribution is 2.45. The average Bonchev–Trinajstić information content (AvgIpc) is 2.82. The van der Waals surface area contributed by atoms with Gasteiger partial charge in [0.25, 0.3) is 0 Å². The van der Waals surface area contributed by atoms with Crippen molar-refractivity contribution in [3.8, 4) is 5.88 Å². The molecule has 0 bridgehead atoms. The molecular weight excluding hydrogens is 499 g/mol. The second-order valence-electron chi connectivity index (χ2n) is 7.44. The van der Waals surface area contributed by atoms with E-state index < -0.39 is 52.7 Å². The second kappa shape index (κ2) is 10.4. The number of aromatic nitrogens is 2. The van der Waals surface area contributed by atoms with E-state index in [9.17, 15) is 27.1 Å². The Morgan fingerprint density at radius 1 is 1.00 bits per heavy atom. The van der Waals surface area contributed by atoms with E-state index in [1.165, 1.54) is 0 Å². The molecule has 1 aromatic carbocycles. The third-order valence-corrected chi connectivity index (χ3v) is 5.02. The third kappa shape index (κ3) is 5.64. The van der Waals surface area contributed by atoms with Gasteiger partial charge in [0, 0.05) is 35.7 Å². The first-order valence-electron chi connectivity index (χ1n) is 10.0. The average molecular weight is 517 g/mol. The van der Waals surface area contributed by atoms with E-state index in [0.717, 1.165) is 36.8 Å². The number of nitrogens with zero attached hydrogens (tertiary/aromatic N) is 3. The zero-order chi connectivity index (χ0) is 26.6. The van der Waals surface area contributed by atoms with Crippen LogP contribution in [-0.2, 0) is 24.3 Å². The van der Waals surface area contributed by atoms with Crippen molar-refractivity contribution >= 4 is 6.34 Å². The summed E-state index contributed by atoms with van der Waals surface area (Å²) in [6, 6.07) is 5.50. The number of benzene rings is 1. The van der Waals surface area contributed by atoms with Crippen LogP contribution in [0, 0.1) is 11.6 Å². The van der Waals surface area contributed by atoms with Gasteiger partial charge in [-0.2, -0.15) is 27.1 Å². The molecule has 0 amide bonds. The molecule has 0 saturated heterocycles. The summed E-state index contributed by atoms with van der Waals surface area (Å²) in [7, 11) is 0. The molecule has 3 aromatic rings. The minimum Gasteiger partial charge on any atom is -0.473 e. The second-order valence-corrected chi connectivity index (χ2v) is 7.44. The molecule has 1 unspecified atom stereocenters. The molecule has 0 aliphatic carbocycles. The first-order chi connectivity index (χ1) is 16.9. The maximum atomic E-state index is 15.5. The number of hydrazone groups is 1. The van der Waals surface area contributed by atoms with E-state index >= 15 is 8.78 Å². The van der Waals surface area contributed by atoms with E-state index in [1.807, 2.05) is 0 Å². The van der Waals surface area contributed by atoms with Gasteiger partial charge in [0.2, 0.25) is 5.88 Å². The molecule has 2 aromatic heterocycles. The molecule has 7 nitrogen and oxygen atoms in total. The molecule has 192 valence electrons. The van der Waals surface area contributed by atoms with Crippen molar-refractivity contribution in [3.05, 3.63) is 88.9 Å². The fraction of sp³-hybridized carbons (Fsp3) is 0.227. The van der Waals surface area contributed by atoms with Gasteiger partial charge in [0.15, 0.2) is 5.60 Å². The standard InChI is InChI=1S/C22H18F7N5O2/c23-15-3-4-16(17(24)7-15)20(35,11-31-12-34-30)21(25,26)18-5-1-13(8-32-18)10-36-19-6-2-14(9-33-19)22(27,28)29/h1-9,12,35H,10-11,30H2,(H,31,34). The molecule has 4 N–H and O–H groups in total. The van der Waals surface area contributed by atoms with Gasteiger partial charge in [0.1, 0.15) is 30.3 Å². The van der Waals surface area contributed by atoms with Gasteiger partial charge in [-0.3, -0.25) is 4.98 Å². The number of hydrogen-bond acceptors (Lipinski definition) is 6. The molecule has 0 aliphatic heterocycles. The summed E-state index contributed by atoms with van der Waals surface area (Å²) in [6.07, 6.45) is -2.22. The number of pyridine rings is 2. The lowest BCUT2D eigenvalue weighted by atomic mass is 9.84. The fourth-order valence-corrected chi connectivity index (χ4v) is 3.14. The summed E-state index contributed by atoms with van der Waals surface area (Å²) in [6.45, 7) is -1.25. The number of alkyl halides is 5. The van der Waals surface area contributed by atoms with Crippen LogP contribution in [0.3, 0.4) is 0 Å². The van der Waals surface area contributed by atoms with Gasteiger partial charge in [-0.05, 0) is 24.3 Å². The van der Waals surface area contributed by atoms with Crippen LogP contribution in [0.4, 0.5) is 30.7 Å². The number of aliphatic hydroxyl groups is 1. The van der Waals surface area contributed by atoms with Crippen LogP contribution in [0.1, 0.15) is 22.4 Å². The highest BCUT2D eigenvalue weighted by Gasteiger charge is 2.57. The lowest BCUT2D eigenvalue weighted by Crippen LogP contribution is -2.51. The van der Waals surface area contributed by atoms with Crippen LogP contribution in [0.5, 0.6) is 5.88 Å². The van der Waals surface area contributed by atoms with Crippen LogP contribution in [0.15, 0.2) is 60.0 Å². The van der Waals surface area contributed by atoms with Crippen molar-refractivity contribution < 1.29 is 40.6 Å². The molecule has 0 saturated carbocycles. The molecule has 36 heavy (non-hydrogen) atoms. The molecule has 3 rings (SSSR count). The van der Waals surface area contributed by atoms with Crippen molar-refractivity contribution in [1.29, 1.82) is 0 Å². The van der Waals surface area contributed by atoms with Gasteiger partial charge in [0.05, 0.1) is 12.1 Å². The molecule has 0 fully saturated rings. The summed E-state index contributed by atoms with van der Waals surface area (Å²) in [5.74, 6) is -1.90. The molecule has 14 heteroatoms. The molecule has 0 spiro atoms. The van der Waals surface area contributed by atoms with E-state index in [0.29, 0.717) is 24.4 Å². The van der Waals surface area contributed by atoms with E-state index in [-0.39, 0.29) is 18.1 Å². The van der Waals surface area contributed by atoms with E-state index in [1.54, 1.807) is 0 Å². The molecule has 0 aliphatic rings. The number of hydrogen-bond donors (Lipinski definition) is 3. The van der Waals surface area contributed by atoms with Crippen molar-refractivity contribution in [2.45, 2.75) is 24.3 Å². The highest BCUT2D eigenvalue weighted by atomic mass is 19.4. The van der Waals surface area contributed by atoms with Crippen LogP contribution in [-0.4, -0.2) is 28.0 Å². The first kappa shape index (κ1) is 26.7. The number of ether oxygens (including phenoxy) is 1. The van der Waals surface area contributed by atoms with Crippen molar-refractivity contribution in [1.82, 2.24) is 15.3 Å². The Labute approximate surface area is 199 Å². The van der Waals surface area contributed by atoms with Crippen LogP contribution >= 0.6 is 0 Å². The number of rotatable bonds is 9. The summed E-state index contributed by atoms with van der Waals surface area (Å²) in [4.78, 5) is 7.16. The van der Waals surface area contributed by atoms with Crippen molar-refractivity contribution in [2.75, 3.05) is 6.54 Å². The van der Waals surface area contributed by atoms with E-state index in [2.05, 4.69) is 20.4 Å². The summed E-state index contributed by atoms with van der Waals surface area (Å²) in [5, 5.41) is 16.2. The smallest absolute Gasteiger partial charge is 0.417 e. The van der Waals surface area contributed by atoms with Gasteiger partial charge in [-0.1, -0.05) is 6.07 Å². The Bertz CT molecular complexity index is 1200. The van der Waals surface area contributed by atoms with Gasteiger partial charge in [-0.15, -0.1) is 0 Å². The van der Waals surface area contributed by atoms with E-state index in [4.69, 9.17) is 10.6 Å². The largest absolute Gasteiger partial charge is 0.473 e. The maximum Gasteiger partial charge on any atom is 0.417 e. The summed E-state index contributed by atoms with van der Waals surface area (Å²) >= 11 is 0. The molecular formula is C22H18F7N5O2. The maximum absolute atomic E-state index is 15.5. The van der Waals surface area contributed by atoms with Gasteiger partial charge >= 0.3 is 12.1 Å². The first-order valence-corrected chi connectivity index (χ1v) is 10.0. The predicted molar refractivity (Wildman–Crippen MR) is 113 cm³/mol. The minimum absolute atomic E-state index is 0.147. The Kier molecular flexibility index (Phi) is 7.67. The highest BCUT2D eigenvalue weighted by molar-refractivity contribution is 5.54. The summed E-state index contributed by atoms with van der Waals surface area (Å²) in [5.41, 5.74) is -5.85. The zero-order valence-electron chi connectivity index (χ0n) is 18.1. The number of nitrogens with two attached hydrogens (primary N) is 1. The monoisotopic (exact) mass is 517 g/mol. The number of nitrogens with one attached hydrogen (secondary N) is 1. The van der Waals surface area contributed by atoms with Crippen molar-refractivity contribution in [2.24, 2.45) is 10.9 Å². The quantitative estimate of drug-likeness (QED) is 0.131. The lowest BCUT2D eigenvalue weighted by molar-refractivity contribution is -0.195. The predicted octanol–water partition coefficient (Wildman–Crippen LogP) is 3.82. The van der Waals surface area contributed by atoms with Gasteiger partial charge < -0.3 is 21.0 Å². The summed E-state index contributed by atoms with van der Waals surface area (Å²) < 4.78 is 102. The Balaban J connectivity index is 1.82. The molecule has 2 heterocycles. The van der Waals surface area contributed by atoms with Crippen LogP contribution < -0.4 is 15.9 Å². The van der Waals surface area contributed by atoms with Gasteiger partial charge in [-0.25, -0.2) is 13.8 Å². The van der Waals surface area contributed by atoms with Crippen LogP contribution in [0.2, 0.25) is 0 Å². The van der Waals surface area contributed by atoms with Crippen LogP contribution in [0.25, 0.3) is 0 Å². The normalized spacial score (nSPS) is 14.0. The molecule has 0 radical (unpaired) electrons. The Morgan fingerprint density at radius 2 is 1.75 bits per heavy atom. The fourth-order valence-electron chi connectivity index (χ4n) is 3.14. The zero-order valence-corrected chi connectivity index (χ0v) is 18.1. The molecule has 1 atom stereocenters. The number of halogens is 7. The Hall–Kier alpha value is -3.94. The Morgan fingerprint density at radius 3 is 2.31 bits per heavy atom. The lowest BCUT2D eigenvalue weighted by Gasteiger charge is -2.36. The third-order valence-electron chi connectivity index (χ3n) is 5.02. The van der Waals surface area contributed by atoms with Crippen molar-refractivity contribution in [3.63, 3.8) is 0 Å². The topological polar surface area (TPSA) is 106 Å². The minimum atomic E-state index is -4.57. The SMILES string of the molecule is N/N=C\NCC(O)(c1ccc(F)cc1F)C(F)(F)c1ccc(COc2ccc(C(F)(F)F)cn2)cn1.